The van der Waals surface area contributed by atoms with E-state index in [-0.39, 0.29) is 27.8 Å². The summed E-state index contributed by atoms with van der Waals surface area (Å²) in [5.74, 6) is 0.222. The zero-order valence-electron chi connectivity index (χ0n) is 19.7. The van der Waals surface area contributed by atoms with E-state index in [9.17, 15) is 0 Å². The molecule has 1 aromatic heterocycles. The van der Waals surface area contributed by atoms with Gasteiger partial charge in [-0.3, -0.25) is 0 Å². The Morgan fingerprint density at radius 1 is 0.909 bits per heavy atom. The normalized spacial score (nSPS) is 18.8. The lowest BCUT2D eigenvalue weighted by Crippen LogP contribution is -2.14. The summed E-state index contributed by atoms with van der Waals surface area (Å²) in [7, 11) is 0. The molecule has 4 rings (SSSR count). The van der Waals surface area contributed by atoms with Gasteiger partial charge in [0.15, 0.2) is 11.3 Å². The first-order valence-electron chi connectivity index (χ1n) is 12.5. The van der Waals surface area contributed by atoms with Crippen LogP contribution in [0.15, 0.2) is 28.7 Å². The molecule has 0 spiro atoms. The van der Waals surface area contributed by atoms with Gasteiger partial charge in [0.25, 0.3) is 0 Å². The van der Waals surface area contributed by atoms with E-state index in [0.717, 1.165) is 50.0 Å². The number of ether oxygens (including phenoxy) is 1. The summed E-state index contributed by atoms with van der Waals surface area (Å²) in [6.45, 7) is 4.72. The molecule has 0 radical (unpaired) electrons. The fraction of sp³-hybridized carbons (Fsp3) is 0.536. The van der Waals surface area contributed by atoms with Gasteiger partial charge in [0, 0.05) is 10.8 Å². The van der Waals surface area contributed by atoms with Gasteiger partial charge in [-0.2, -0.15) is 4.39 Å². The molecule has 1 saturated carbocycles. The third kappa shape index (κ3) is 5.08. The highest BCUT2D eigenvalue weighted by atomic mass is 32.1. The van der Waals surface area contributed by atoms with Crippen molar-refractivity contribution in [2.45, 2.75) is 84.0 Å². The SMILES string of the molecule is CCCCCC1CCC(c2ccc3c(c2F)c(=S)oc2c(F)c(OCCCC)ccc23)CC1. The molecule has 178 valence electrons. The molecular weight excluding hydrogens is 438 g/mol. The van der Waals surface area contributed by atoms with Crippen LogP contribution in [0.25, 0.3) is 21.7 Å². The standard InChI is InChI=1S/C28H34F2O2S/c1-3-5-7-8-18-9-11-19(12-10-18)20-13-14-21-22-15-16-23(31-17-6-4-2)26(30)27(22)32-28(33)24(21)25(20)29/h13-16,18-19H,3-12,17H2,1-2H3. The van der Waals surface area contributed by atoms with Crippen LogP contribution >= 0.6 is 12.2 Å². The van der Waals surface area contributed by atoms with Crippen molar-refractivity contribution in [3.63, 3.8) is 0 Å². The van der Waals surface area contributed by atoms with Crippen molar-refractivity contribution >= 4 is 34.0 Å². The number of halogens is 2. The van der Waals surface area contributed by atoms with E-state index in [1.807, 2.05) is 19.1 Å². The molecule has 0 aliphatic heterocycles. The highest BCUT2D eigenvalue weighted by Crippen LogP contribution is 2.41. The minimum Gasteiger partial charge on any atom is -0.490 e. The minimum absolute atomic E-state index is 0.00490. The van der Waals surface area contributed by atoms with E-state index in [2.05, 4.69) is 6.92 Å². The van der Waals surface area contributed by atoms with Crippen molar-refractivity contribution in [1.29, 1.82) is 0 Å². The Morgan fingerprint density at radius 2 is 1.64 bits per heavy atom. The van der Waals surface area contributed by atoms with Crippen LogP contribution in [0.3, 0.4) is 0 Å². The Bertz CT molecular complexity index is 1160. The van der Waals surface area contributed by atoms with E-state index in [0.29, 0.717) is 22.8 Å². The van der Waals surface area contributed by atoms with Gasteiger partial charge >= 0.3 is 0 Å². The second-order valence-corrected chi connectivity index (χ2v) is 9.82. The van der Waals surface area contributed by atoms with E-state index in [1.54, 1.807) is 12.1 Å². The monoisotopic (exact) mass is 472 g/mol. The van der Waals surface area contributed by atoms with Crippen LogP contribution in [0.1, 0.15) is 89.5 Å². The molecule has 0 N–H and O–H groups in total. The zero-order chi connectivity index (χ0) is 23.4. The van der Waals surface area contributed by atoms with E-state index in [1.165, 1.54) is 25.7 Å². The Kier molecular flexibility index (Phi) is 8.00. The third-order valence-corrected chi connectivity index (χ3v) is 7.47. The van der Waals surface area contributed by atoms with Crippen molar-refractivity contribution in [3.05, 3.63) is 46.2 Å². The maximum Gasteiger partial charge on any atom is 0.208 e. The van der Waals surface area contributed by atoms with E-state index in [4.69, 9.17) is 21.4 Å². The van der Waals surface area contributed by atoms with E-state index >= 15 is 8.78 Å². The molecular formula is C28H34F2O2S. The number of rotatable bonds is 9. The number of unbranched alkanes of at least 4 members (excludes halogenated alkanes) is 3. The molecule has 33 heavy (non-hydrogen) atoms. The average Bonchev–Trinajstić information content (AvgIpc) is 2.82. The van der Waals surface area contributed by atoms with Gasteiger partial charge < -0.3 is 9.15 Å². The third-order valence-electron chi connectivity index (χ3n) is 7.18. The van der Waals surface area contributed by atoms with Gasteiger partial charge in [0.05, 0.1) is 12.0 Å². The zero-order valence-corrected chi connectivity index (χ0v) is 20.5. The summed E-state index contributed by atoms with van der Waals surface area (Å²) in [6.07, 6.45) is 11.2. The fourth-order valence-electron chi connectivity index (χ4n) is 5.21. The summed E-state index contributed by atoms with van der Waals surface area (Å²) in [4.78, 5) is 0. The number of benzene rings is 2. The first-order valence-corrected chi connectivity index (χ1v) is 13.0. The van der Waals surface area contributed by atoms with Gasteiger partial charge in [0.2, 0.25) is 10.5 Å². The van der Waals surface area contributed by atoms with Gasteiger partial charge in [-0.05, 0) is 73.9 Å². The molecule has 3 aromatic rings. The Morgan fingerprint density at radius 3 is 2.36 bits per heavy atom. The maximum atomic E-state index is 15.7. The summed E-state index contributed by atoms with van der Waals surface area (Å²) in [6, 6.07) is 7.08. The molecule has 2 nitrogen and oxygen atoms in total. The number of hydrogen-bond donors (Lipinski definition) is 0. The molecule has 1 aliphatic rings. The maximum absolute atomic E-state index is 15.7. The second-order valence-electron chi connectivity index (χ2n) is 9.45. The van der Waals surface area contributed by atoms with E-state index < -0.39 is 5.82 Å². The molecule has 0 saturated heterocycles. The van der Waals surface area contributed by atoms with Gasteiger partial charge in [-0.1, -0.05) is 58.1 Å². The highest BCUT2D eigenvalue weighted by Gasteiger charge is 2.26. The van der Waals surface area contributed by atoms with Crippen molar-refractivity contribution in [2.24, 2.45) is 5.92 Å². The molecule has 0 unspecified atom stereocenters. The van der Waals surface area contributed by atoms with Crippen molar-refractivity contribution < 1.29 is 17.9 Å². The number of fused-ring (bicyclic) bond motifs is 3. The van der Waals surface area contributed by atoms with Gasteiger partial charge in [0.1, 0.15) is 5.82 Å². The summed E-state index contributed by atoms with van der Waals surface area (Å²) >= 11 is 5.40. The largest absolute Gasteiger partial charge is 0.490 e. The second kappa shape index (κ2) is 10.9. The van der Waals surface area contributed by atoms with Crippen LogP contribution < -0.4 is 4.74 Å². The van der Waals surface area contributed by atoms with Crippen LogP contribution in [0.2, 0.25) is 0 Å². The first kappa shape index (κ1) is 24.1. The highest BCUT2D eigenvalue weighted by molar-refractivity contribution is 7.71. The Balaban J connectivity index is 1.63. The lowest BCUT2D eigenvalue weighted by atomic mass is 9.76. The molecule has 1 aliphatic carbocycles. The van der Waals surface area contributed by atoms with Crippen LogP contribution in [0.5, 0.6) is 5.75 Å². The van der Waals surface area contributed by atoms with Gasteiger partial charge in [-0.15, -0.1) is 0 Å². The van der Waals surface area contributed by atoms with Crippen LogP contribution in [-0.2, 0) is 0 Å². The smallest absolute Gasteiger partial charge is 0.208 e. The topological polar surface area (TPSA) is 22.4 Å². The lowest BCUT2D eigenvalue weighted by molar-refractivity contribution is 0.294. The van der Waals surface area contributed by atoms with Crippen molar-refractivity contribution in [1.82, 2.24) is 0 Å². The van der Waals surface area contributed by atoms with Crippen molar-refractivity contribution in [2.75, 3.05) is 6.61 Å². The molecule has 0 amide bonds. The predicted octanol–water partition coefficient (Wildman–Crippen LogP) is 9.63. The first-order chi connectivity index (χ1) is 16.0. The summed E-state index contributed by atoms with van der Waals surface area (Å²) < 4.78 is 42.0. The van der Waals surface area contributed by atoms with Crippen molar-refractivity contribution in [3.8, 4) is 5.75 Å². The summed E-state index contributed by atoms with van der Waals surface area (Å²) in [5.41, 5.74) is 0.747. The van der Waals surface area contributed by atoms with Crippen LogP contribution in [0, 0.1) is 22.3 Å². The molecule has 1 heterocycles. The molecule has 0 bridgehead atoms. The van der Waals surface area contributed by atoms with Gasteiger partial charge in [-0.25, -0.2) is 4.39 Å². The fourth-order valence-corrected chi connectivity index (χ4v) is 5.49. The Hall–Kier alpha value is -2.01. The molecule has 2 aromatic carbocycles. The molecule has 0 atom stereocenters. The number of hydrogen-bond acceptors (Lipinski definition) is 3. The van der Waals surface area contributed by atoms with Crippen LogP contribution in [-0.4, -0.2) is 6.61 Å². The predicted molar refractivity (Wildman–Crippen MR) is 134 cm³/mol. The molecule has 1 fully saturated rings. The average molecular weight is 473 g/mol. The minimum atomic E-state index is -0.581. The van der Waals surface area contributed by atoms with Crippen LogP contribution in [0.4, 0.5) is 8.78 Å². The molecule has 5 heteroatoms. The lowest BCUT2D eigenvalue weighted by Gasteiger charge is -2.29. The Labute approximate surface area is 200 Å². The quantitative estimate of drug-likeness (QED) is 0.176. The summed E-state index contributed by atoms with van der Waals surface area (Å²) in [5, 5.41) is 1.40.